The molecule has 0 radical (unpaired) electrons. The first-order valence-electron chi connectivity index (χ1n) is 6.96. The standard InChI is InChI=1S/C14H15Cl2NO4S/c15-11-4-3-10(6-12(11)16)22(20,21)17-7-9-2-1-5-14(9,8-17)13(18)19/h3-4,6,9H,1-2,5,7-8H2,(H,18,19)/t9-,14+/m0/s1. The monoisotopic (exact) mass is 363 g/mol. The molecular weight excluding hydrogens is 349 g/mol. The van der Waals surface area contributed by atoms with Crippen LogP contribution in [-0.4, -0.2) is 36.9 Å². The van der Waals surface area contributed by atoms with Gasteiger partial charge in [0.05, 0.1) is 20.4 Å². The zero-order valence-corrected chi connectivity index (χ0v) is 14.0. The van der Waals surface area contributed by atoms with E-state index in [-0.39, 0.29) is 33.9 Å². The van der Waals surface area contributed by atoms with Gasteiger partial charge in [0.1, 0.15) is 0 Å². The third-order valence-electron chi connectivity index (χ3n) is 4.79. The van der Waals surface area contributed by atoms with E-state index in [2.05, 4.69) is 0 Å². The molecule has 3 rings (SSSR count). The Hall–Kier alpha value is -0.820. The summed E-state index contributed by atoms with van der Waals surface area (Å²) in [6.07, 6.45) is 2.11. The lowest BCUT2D eigenvalue weighted by atomic mass is 9.81. The molecule has 1 N–H and O–H groups in total. The van der Waals surface area contributed by atoms with Gasteiger partial charge in [0, 0.05) is 13.1 Å². The molecule has 1 aromatic rings. The molecule has 5 nitrogen and oxygen atoms in total. The molecule has 1 heterocycles. The summed E-state index contributed by atoms with van der Waals surface area (Å²) in [7, 11) is -3.76. The summed E-state index contributed by atoms with van der Waals surface area (Å²) in [6, 6.07) is 4.13. The van der Waals surface area contributed by atoms with Gasteiger partial charge >= 0.3 is 5.97 Å². The van der Waals surface area contributed by atoms with Gasteiger partial charge in [-0.15, -0.1) is 0 Å². The van der Waals surface area contributed by atoms with Gasteiger partial charge in [-0.25, -0.2) is 8.42 Å². The summed E-state index contributed by atoms with van der Waals surface area (Å²) in [4.78, 5) is 11.7. The van der Waals surface area contributed by atoms with E-state index in [4.69, 9.17) is 23.2 Å². The number of carboxylic acid groups (broad SMARTS) is 1. The Bertz CT molecular complexity index is 736. The van der Waals surface area contributed by atoms with Crippen LogP contribution in [0.4, 0.5) is 0 Å². The zero-order chi connectivity index (χ0) is 16.1. The molecule has 2 aliphatic rings. The SMILES string of the molecule is O=C(O)[C@@]12CCC[C@H]1CN(S(=O)(=O)c1ccc(Cl)c(Cl)c1)C2. The minimum atomic E-state index is -3.76. The molecule has 0 aromatic heterocycles. The topological polar surface area (TPSA) is 74.7 Å². The zero-order valence-electron chi connectivity index (χ0n) is 11.6. The van der Waals surface area contributed by atoms with Crippen molar-refractivity contribution in [3.05, 3.63) is 28.2 Å². The van der Waals surface area contributed by atoms with Gasteiger partial charge in [-0.3, -0.25) is 4.79 Å². The molecule has 1 aliphatic heterocycles. The largest absolute Gasteiger partial charge is 0.481 e. The summed E-state index contributed by atoms with van der Waals surface area (Å²) in [5.41, 5.74) is -0.941. The Balaban J connectivity index is 1.94. The lowest BCUT2D eigenvalue weighted by molar-refractivity contribution is -0.149. The fourth-order valence-electron chi connectivity index (χ4n) is 3.56. The summed E-state index contributed by atoms with van der Waals surface area (Å²) < 4.78 is 26.7. The number of hydrogen-bond donors (Lipinski definition) is 1. The molecule has 1 saturated carbocycles. The summed E-state index contributed by atoms with van der Waals surface area (Å²) >= 11 is 11.7. The van der Waals surface area contributed by atoms with E-state index >= 15 is 0 Å². The van der Waals surface area contributed by atoms with E-state index in [1.807, 2.05) is 0 Å². The molecule has 8 heteroatoms. The Morgan fingerprint density at radius 2 is 2.05 bits per heavy atom. The van der Waals surface area contributed by atoms with Crippen LogP contribution in [0.15, 0.2) is 23.1 Å². The van der Waals surface area contributed by atoms with Crippen molar-refractivity contribution in [1.82, 2.24) is 4.31 Å². The minimum absolute atomic E-state index is 0.0234. The molecule has 1 saturated heterocycles. The van der Waals surface area contributed by atoms with Crippen LogP contribution in [0, 0.1) is 11.3 Å². The molecule has 0 bridgehead atoms. The van der Waals surface area contributed by atoms with E-state index in [1.54, 1.807) is 0 Å². The summed E-state index contributed by atoms with van der Waals surface area (Å²) in [6.45, 7) is 0.268. The van der Waals surface area contributed by atoms with Crippen molar-refractivity contribution in [2.75, 3.05) is 13.1 Å². The van der Waals surface area contributed by atoms with Gasteiger partial charge in [-0.05, 0) is 37.0 Å². The number of aliphatic carboxylic acids is 1. The van der Waals surface area contributed by atoms with Gasteiger partial charge in [0.15, 0.2) is 0 Å². The predicted octanol–water partition coefficient (Wildman–Crippen LogP) is 2.87. The van der Waals surface area contributed by atoms with E-state index in [9.17, 15) is 18.3 Å². The summed E-state index contributed by atoms with van der Waals surface area (Å²) in [5, 5.41) is 9.99. The van der Waals surface area contributed by atoms with Gasteiger partial charge in [-0.2, -0.15) is 4.31 Å². The number of benzene rings is 1. The Morgan fingerprint density at radius 1 is 1.32 bits per heavy atom. The molecule has 0 amide bonds. The smallest absolute Gasteiger partial charge is 0.311 e. The number of halogens is 2. The third kappa shape index (κ3) is 2.33. The van der Waals surface area contributed by atoms with Crippen molar-refractivity contribution < 1.29 is 18.3 Å². The number of carbonyl (C=O) groups is 1. The van der Waals surface area contributed by atoms with Crippen molar-refractivity contribution >= 4 is 39.2 Å². The first-order chi connectivity index (χ1) is 10.3. The second-order valence-electron chi connectivity index (χ2n) is 5.92. The highest BCUT2D eigenvalue weighted by molar-refractivity contribution is 7.89. The summed E-state index contributed by atoms with van der Waals surface area (Å²) in [5.74, 6) is -1.02. The van der Waals surface area contributed by atoms with Crippen LogP contribution in [0.2, 0.25) is 10.0 Å². The molecule has 22 heavy (non-hydrogen) atoms. The predicted molar refractivity (Wildman–Crippen MR) is 82.6 cm³/mol. The average Bonchev–Trinajstić information content (AvgIpc) is 2.99. The number of hydrogen-bond acceptors (Lipinski definition) is 3. The van der Waals surface area contributed by atoms with E-state index in [1.165, 1.54) is 22.5 Å². The first-order valence-corrected chi connectivity index (χ1v) is 9.15. The van der Waals surface area contributed by atoms with Crippen LogP contribution in [0.1, 0.15) is 19.3 Å². The molecular formula is C14H15Cl2NO4S. The lowest BCUT2D eigenvalue weighted by Gasteiger charge is -2.23. The highest BCUT2D eigenvalue weighted by Gasteiger charge is 2.57. The van der Waals surface area contributed by atoms with Crippen LogP contribution in [-0.2, 0) is 14.8 Å². The highest BCUT2D eigenvalue weighted by Crippen LogP contribution is 2.50. The molecule has 1 aliphatic carbocycles. The maximum atomic E-state index is 12.7. The molecule has 0 unspecified atom stereocenters. The average molecular weight is 364 g/mol. The van der Waals surface area contributed by atoms with Gasteiger partial charge < -0.3 is 5.11 Å². The number of fused-ring (bicyclic) bond motifs is 1. The third-order valence-corrected chi connectivity index (χ3v) is 7.34. The van der Waals surface area contributed by atoms with E-state index < -0.39 is 21.4 Å². The second-order valence-corrected chi connectivity index (χ2v) is 8.68. The first kappa shape index (κ1) is 16.1. The molecule has 120 valence electrons. The van der Waals surface area contributed by atoms with Crippen LogP contribution in [0.5, 0.6) is 0 Å². The molecule has 1 aromatic carbocycles. The molecule has 0 spiro atoms. The Labute approximate surface area is 138 Å². The fourth-order valence-corrected chi connectivity index (χ4v) is 5.51. The van der Waals surface area contributed by atoms with E-state index in [0.717, 1.165) is 12.8 Å². The van der Waals surface area contributed by atoms with Crippen molar-refractivity contribution in [2.24, 2.45) is 11.3 Å². The fraction of sp³-hybridized carbons (Fsp3) is 0.500. The highest BCUT2D eigenvalue weighted by atomic mass is 35.5. The normalized spacial score (nSPS) is 28.7. The van der Waals surface area contributed by atoms with Crippen molar-refractivity contribution in [3.8, 4) is 0 Å². The van der Waals surface area contributed by atoms with Crippen molar-refractivity contribution in [1.29, 1.82) is 0 Å². The Morgan fingerprint density at radius 3 is 2.64 bits per heavy atom. The van der Waals surface area contributed by atoms with Crippen LogP contribution < -0.4 is 0 Å². The molecule has 2 fully saturated rings. The number of sulfonamides is 1. The van der Waals surface area contributed by atoms with Crippen molar-refractivity contribution in [3.63, 3.8) is 0 Å². The van der Waals surface area contributed by atoms with Gasteiger partial charge in [0.2, 0.25) is 10.0 Å². The maximum absolute atomic E-state index is 12.7. The number of rotatable bonds is 3. The van der Waals surface area contributed by atoms with Crippen molar-refractivity contribution in [2.45, 2.75) is 24.2 Å². The minimum Gasteiger partial charge on any atom is -0.481 e. The lowest BCUT2D eigenvalue weighted by Crippen LogP contribution is -2.37. The number of carboxylic acids is 1. The van der Waals surface area contributed by atoms with Crippen LogP contribution >= 0.6 is 23.2 Å². The number of nitrogens with zero attached hydrogens (tertiary/aromatic N) is 1. The van der Waals surface area contributed by atoms with Crippen LogP contribution in [0.3, 0.4) is 0 Å². The molecule has 2 atom stereocenters. The van der Waals surface area contributed by atoms with Gasteiger partial charge in [-0.1, -0.05) is 29.6 Å². The quantitative estimate of drug-likeness (QED) is 0.895. The van der Waals surface area contributed by atoms with Crippen LogP contribution in [0.25, 0.3) is 0 Å². The maximum Gasteiger partial charge on any atom is 0.311 e. The second kappa shape index (κ2) is 5.37. The van der Waals surface area contributed by atoms with Gasteiger partial charge in [0.25, 0.3) is 0 Å². The Kier molecular flexibility index (Phi) is 3.92. The van der Waals surface area contributed by atoms with E-state index in [0.29, 0.717) is 6.42 Å².